The molecule has 5 aromatic carbocycles. The van der Waals surface area contributed by atoms with E-state index in [-0.39, 0.29) is 30.9 Å². The van der Waals surface area contributed by atoms with Crippen LogP contribution in [-0.4, -0.2) is 15.0 Å². The minimum absolute atomic E-state index is 0. The second-order valence-corrected chi connectivity index (χ2v) is 15.2. The Kier molecular flexibility index (Phi) is 12.9. The molecule has 282 valence electrons. The average molecular weight is 917 g/mol. The molecule has 0 amide bonds. The first kappa shape index (κ1) is 40.9. The fourth-order valence-corrected chi connectivity index (χ4v) is 7.46. The van der Waals surface area contributed by atoms with Crippen LogP contribution in [0.25, 0.3) is 44.9 Å². The molecule has 0 fully saturated rings. The predicted molar refractivity (Wildman–Crippen MR) is 231 cm³/mol. The Morgan fingerprint density at radius 2 is 1.12 bits per heavy atom. The quantitative estimate of drug-likeness (QED) is 0.165. The van der Waals surface area contributed by atoms with Gasteiger partial charge in [0.05, 0.1) is 0 Å². The Morgan fingerprint density at radius 3 is 1.79 bits per heavy atom. The van der Waals surface area contributed by atoms with Crippen LogP contribution >= 0.6 is 0 Å². The summed E-state index contributed by atoms with van der Waals surface area (Å²) >= 11 is 0. The fourth-order valence-electron chi connectivity index (χ4n) is 7.46. The zero-order valence-corrected chi connectivity index (χ0v) is 35.7. The van der Waals surface area contributed by atoms with E-state index in [0.717, 1.165) is 33.8 Å². The van der Waals surface area contributed by atoms with Crippen LogP contribution in [0.15, 0.2) is 170 Å². The van der Waals surface area contributed by atoms with E-state index in [4.69, 9.17) is 4.98 Å². The summed E-state index contributed by atoms with van der Waals surface area (Å²) in [6.45, 7) is 13.4. The molecule has 4 heteroatoms. The van der Waals surface area contributed by atoms with Crippen molar-refractivity contribution in [2.45, 2.75) is 52.4 Å². The molecule has 57 heavy (non-hydrogen) atoms. The maximum atomic E-state index is 4.78. The van der Waals surface area contributed by atoms with Crippen LogP contribution in [0.5, 0.6) is 0 Å². The van der Waals surface area contributed by atoms with Gasteiger partial charge < -0.3 is 15.0 Å². The van der Waals surface area contributed by atoms with Gasteiger partial charge in [0, 0.05) is 18.6 Å². The van der Waals surface area contributed by atoms with Crippen LogP contribution in [0.3, 0.4) is 0 Å². The summed E-state index contributed by atoms with van der Waals surface area (Å²) in [5.74, 6) is 0. The molecule has 3 nitrogen and oxygen atoms in total. The number of rotatable bonds is 4. The number of benzene rings is 5. The van der Waals surface area contributed by atoms with Crippen LogP contribution < -0.4 is 0 Å². The first-order chi connectivity index (χ1) is 27.1. The van der Waals surface area contributed by atoms with Gasteiger partial charge in [0.15, 0.2) is 0 Å². The Hall–Kier alpha value is -5.80. The summed E-state index contributed by atoms with van der Waals surface area (Å²) < 4.78 is 0. The molecule has 3 heterocycles. The molecule has 1 aliphatic carbocycles. The van der Waals surface area contributed by atoms with Gasteiger partial charge in [-0.2, -0.15) is 0 Å². The molecule has 0 saturated carbocycles. The number of hydrogen-bond acceptors (Lipinski definition) is 3. The Balaban J connectivity index is 0.000000168. The molecule has 0 saturated heterocycles. The largest absolute Gasteiger partial charge is 3.00 e. The van der Waals surface area contributed by atoms with E-state index >= 15 is 0 Å². The predicted octanol–water partition coefficient (Wildman–Crippen LogP) is 12.9. The topological polar surface area (TPSA) is 38.7 Å². The summed E-state index contributed by atoms with van der Waals surface area (Å²) in [6.07, 6.45) is 5.58. The van der Waals surface area contributed by atoms with Gasteiger partial charge in [-0.05, 0) is 74.8 Å². The molecule has 0 atom stereocenters. The summed E-state index contributed by atoms with van der Waals surface area (Å²) in [6, 6.07) is 61.7. The maximum Gasteiger partial charge on any atom is 3.00 e. The van der Waals surface area contributed by atoms with Crippen molar-refractivity contribution in [1.82, 2.24) is 15.0 Å². The van der Waals surface area contributed by atoms with E-state index in [9.17, 15) is 0 Å². The molecule has 0 spiro atoms. The first-order valence-electron chi connectivity index (χ1n) is 19.1. The van der Waals surface area contributed by atoms with E-state index in [1.54, 1.807) is 6.20 Å². The number of aromatic nitrogens is 3. The minimum Gasteiger partial charge on any atom is -0.305 e. The Bertz CT molecular complexity index is 2430. The molecule has 3 aromatic heterocycles. The van der Waals surface area contributed by atoms with E-state index < -0.39 is 0 Å². The Labute approximate surface area is 352 Å². The molecule has 0 N–H and O–H groups in total. The van der Waals surface area contributed by atoms with Gasteiger partial charge >= 0.3 is 20.1 Å². The van der Waals surface area contributed by atoms with Gasteiger partial charge in [-0.1, -0.05) is 120 Å². The average Bonchev–Trinajstić information content (AvgIpc) is 3.25. The summed E-state index contributed by atoms with van der Waals surface area (Å²) in [7, 11) is 0. The van der Waals surface area contributed by atoms with Gasteiger partial charge in [-0.25, -0.2) is 0 Å². The maximum absolute atomic E-state index is 4.78. The van der Waals surface area contributed by atoms with Crippen molar-refractivity contribution in [2.24, 2.45) is 0 Å². The van der Waals surface area contributed by atoms with E-state index in [0.29, 0.717) is 0 Å². The standard InChI is InChI=1S/C29H26N.C13H12N.C11H8N.Ir/c1-28(2)23-14-8-9-15-24(23)29(3,4)27-22(13-10-16-25(27)28)26-19-21(17-18-30-26)20-11-6-5-7-12-20;1-10-3-6-12(7-4-10)13-8-5-11(2)9-14-13;1-2-6-10(7-3-1)11-8-4-5-9-12-11;/h5-12,14-19H,1-4H3;3-6,8-9H,1-2H3;1-6,8-9H;/q3*-1;+3. The van der Waals surface area contributed by atoms with Gasteiger partial charge in [-0.3, -0.25) is 0 Å². The molecule has 0 unspecified atom stereocenters. The number of pyridine rings is 3. The smallest absolute Gasteiger partial charge is 0.305 e. The normalized spacial score (nSPS) is 12.9. The van der Waals surface area contributed by atoms with Gasteiger partial charge in [0.25, 0.3) is 0 Å². The van der Waals surface area contributed by atoms with Crippen LogP contribution in [0.4, 0.5) is 0 Å². The summed E-state index contributed by atoms with van der Waals surface area (Å²) in [5.41, 5.74) is 16.2. The first-order valence-corrected chi connectivity index (χ1v) is 19.1. The fraction of sp³-hybridized carbons (Fsp3) is 0.151. The molecule has 0 radical (unpaired) electrons. The monoisotopic (exact) mass is 917 g/mol. The van der Waals surface area contributed by atoms with Gasteiger partial charge in [-0.15, -0.1) is 106 Å². The van der Waals surface area contributed by atoms with Crippen LogP contribution in [0, 0.1) is 32.0 Å². The summed E-state index contributed by atoms with van der Waals surface area (Å²) in [5, 5.41) is 0. The zero-order chi connectivity index (χ0) is 39.1. The van der Waals surface area contributed by atoms with Crippen molar-refractivity contribution in [2.75, 3.05) is 0 Å². The van der Waals surface area contributed by atoms with Crippen molar-refractivity contribution < 1.29 is 20.1 Å². The second kappa shape index (κ2) is 18.0. The zero-order valence-electron chi connectivity index (χ0n) is 33.3. The molecule has 1 aliphatic rings. The Morgan fingerprint density at radius 1 is 0.456 bits per heavy atom. The van der Waals surface area contributed by atoms with Crippen molar-refractivity contribution in [1.29, 1.82) is 0 Å². The molecule has 0 aliphatic heterocycles. The SMILES string of the molecule is CC1(C)c2ccccc2C(C)(C)c2c(-c3cc(-c4ccccc4)ccn3)[c-]ccc21.Cc1c[c-]c(-c2ccc(C)cn2)cc1.[Ir+3].[c-]1ccccc1-c1ccccn1. The van der Waals surface area contributed by atoms with E-state index in [1.807, 2.05) is 80.0 Å². The molecule has 9 rings (SSSR count). The third kappa shape index (κ3) is 9.10. The number of hydrogen-bond donors (Lipinski definition) is 0. The van der Waals surface area contributed by atoms with E-state index in [1.165, 1.54) is 44.5 Å². The third-order valence-electron chi connectivity index (χ3n) is 10.5. The van der Waals surface area contributed by atoms with Crippen molar-refractivity contribution in [3.05, 3.63) is 222 Å². The molecule has 0 bridgehead atoms. The molecular weight excluding hydrogens is 871 g/mol. The minimum atomic E-state index is -0.126. The number of aryl methyl sites for hydroxylation is 2. The van der Waals surface area contributed by atoms with Crippen molar-refractivity contribution in [3.8, 4) is 44.9 Å². The van der Waals surface area contributed by atoms with Crippen LogP contribution in [0.2, 0.25) is 0 Å². The number of nitrogens with zero attached hydrogens (tertiary/aromatic N) is 3. The van der Waals surface area contributed by atoms with Gasteiger partial charge in [0.2, 0.25) is 0 Å². The van der Waals surface area contributed by atoms with Crippen LogP contribution in [-0.2, 0) is 30.9 Å². The van der Waals surface area contributed by atoms with Crippen LogP contribution in [0.1, 0.15) is 61.1 Å². The third-order valence-corrected chi connectivity index (χ3v) is 10.5. The van der Waals surface area contributed by atoms with Crippen molar-refractivity contribution in [3.63, 3.8) is 0 Å². The summed E-state index contributed by atoms with van der Waals surface area (Å²) in [4.78, 5) is 13.3. The molecule has 8 aromatic rings. The number of fused-ring (bicyclic) bond motifs is 2. The van der Waals surface area contributed by atoms with Crippen molar-refractivity contribution >= 4 is 0 Å². The second-order valence-electron chi connectivity index (χ2n) is 15.2. The molecular formula is C53H46IrN3. The van der Waals surface area contributed by atoms with Gasteiger partial charge in [0.1, 0.15) is 0 Å². The van der Waals surface area contributed by atoms with E-state index in [2.05, 4.69) is 154 Å².